The molecule has 6 aliphatic rings. The molecular formula is C53H70O14. The summed E-state index contributed by atoms with van der Waals surface area (Å²) in [6.07, 6.45) is 4.07. The lowest BCUT2D eigenvalue weighted by Crippen LogP contribution is -2.78. The van der Waals surface area contributed by atoms with Gasteiger partial charge in [-0.2, -0.15) is 0 Å². The molecule has 2 saturated heterocycles. The minimum Gasteiger partial charge on any atom is -0.458 e. The van der Waals surface area contributed by atoms with Crippen molar-refractivity contribution < 1.29 is 67.9 Å². The van der Waals surface area contributed by atoms with Gasteiger partial charge in [0.05, 0.1) is 35.9 Å². The van der Waals surface area contributed by atoms with Crippen molar-refractivity contribution in [2.24, 2.45) is 16.7 Å². The average molecular weight is 931 g/mol. The molecular weight excluding hydrogens is 861 g/mol. The van der Waals surface area contributed by atoms with Crippen LogP contribution in [0.15, 0.2) is 84.5 Å². The summed E-state index contributed by atoms with van der Waals surface area (Å²) in [5.74, 6) is -1.93. The van der Waals surface area contributed by atoms with Crippen LogP contribution >= 0.6 is 0 Å². The van der Waals surface area contributed by atoms with Gasteiger partial charge in [-0.3, -0.25) is 0 Å². The predicted octanol–water partition coefficient (Wildman–Crippen LogP) is 6.22. The molecule has 8 rings (SSSR count). The summed E-state index contributed by atoms with van der Waals surface area (Å²) >= 11 is 0. The number of aliphatic hydroxyl groups excluding tert-OH is 1. The number of carbonyl (C=O) groups is 2. The van der Waals surface area contributed by atoms with E-state index in [0.717, 1.165) is 16.7 Å². The molecule has 2 aliphatic heterocycles. The lowest BCUT2D eigenvalue weighted by molar-refractivity contribution is -0.328. The van der Waals surface area contributed by atoms with Gasteiger partial charge < -0.3 is 58.3 Å². The Kier molecular flexibility index (Phi) is 14.5. The Labute approximate surface area is 394 Å². The van der Waals surface area contributed by atoms with Crippen molar-refractivity contribution in [3.8, 4) is 0 Å². The molecule has 2 heterocycles. The van der Waals surface area contributed by atoms with Gasteiger partial charge in [0.1, 0.15) is 41.2 Å². The fourth-order valence-corrected chi connectivity index (χ4v) is 12.8. The third-order valence-corrected chi connectivity index (χ3v) is 16.8. The second kappa shape index (κ2) is 19.5. The number of ether oxygens (including phenoxy) is 8. The highest BCUT2D eigenvalue weighted by atomic mass is 16.7. The van der Waals surface area contributed by atoms with E-state index in [0.29, 0.717) is 32.1 Å². The summed E-state index contributed by atoms with van der Waals surface area (Å²) in [4.78, 5) is 27.2. The highest BCUT2D eigenvalue weighted by Gasteiger charge is 2.81. The zero-order valence-electron chi connectivity index (χ0n) is 39.8. The number of esters is 2. The zero-order valence-corrected chi connectivity index (χ0v) is 39.8. The fraction of sp³-hybridized carbons (Fsp3) is 0.623. The van der Waals surface area contributed by atoms with Crippen LogP contribution in [0.3, 0.4) is 0 Å². The highest BCUT2D eigenvalue weighted by Crippen LogP contribution is 2.71. The summed E-state index contributed by atoms with van der Waals surface area (Å²) in [6.45, 7) is 9.07. The third kappa shape index (κ3) is 9.01. The van der Waals surface area contributed by atoms with Gasteiger partial charge in [-0.1, -0.05) is 86.2 Å². The lowest BCUT2D eigenvalue weighted by Gasteiger charge is -2.67. The molecule has 0 radical (unpaired) electrons. The Morgan fingerprint density at radius 2 is 1.37 bits per heavy atom. The Morgan fingerprint density at radius 1 is 0.776 bits per heavy atom. The van der Waals surface area contributed by atoms with E-state index in [9.17, 15) is 30.0 Å². The standard InChI is InChI=1S/C53H70O14/c1-32-47(56)39(60-6)29-46(62-32)67-48-33(2)63-45(30-40(48)61-7)65-38-23-24-49(4)37(28-38)22-25-52(58)41(49)31-42(66-44(55)21-19-36-16-12-9-13-17-36)50(5)51(57,26-27-53(50,52)59)34(3)64-43(54)20-18-35-14-10-8-11-15-35/h8-22,32-34,38-42,45-48,56-59H,23-31H2,1-7H3/b20-18+,21-19+/t32-,33-,34-,38-,39-,40-,41+,42+,45+,46-,47-,48-,49-,50+,51+,52-,53+/m0/s1. The number of carbonyl (C=O) groups excluding carboxylic acids is 2. The van der Waals surface area contributed by atoms with Crippen molar-refractivity contribution in [2.45, 2.75) is 177 Å². The molecule has 0 spiro atoms. The van der Waals surface area contributed by atoms with E-state index in [4.69, 9.17) is 37.9 Å². The number of hydrogen-bond acceptors (Lipinski definition) is 14. The molecule has 4 N–H and O–H groups in total. The van der Waals surface area contributed by atoms with E-state index in [-0.39, 0.29) is 37.9 Å². The third-order valence-electron chi connectivity index (χ3n) is 16.8. The molecule has 0 bridgehead atoms. The Bertz CT molecular complexity index is 2150. The van der Waals surface area contributed by atoms with Gasteiger partial charge in [0.15, 0.2) is 12.6 Å². The van der Waals surface area contributed by atoms with Gasteiger partial charge in [0, 0.05) is 45.1 Å². The van der Waals surface area contributed by atoms with Gasteiger partial charge >= 0.3 is 11.9 Å². The average Bonchev–Trinajstić information content (AvgIpc) is 3.55. The minimum absolute atomic E-state index is 0.0270. The predicted molar refractivity (Wildman–Crippen MR) is 247 cm³/mol. The SMILES string of the molecule is CO[C@H]1C[C@H](O[C@H]2[C@H](C)O[C@H](O[C@H]3CC[C@@]4(C)C(=CC[C@]5(O)[C@@H]4C[C@@H](OC(=O)/C=C/c4ccccc4)[C@@]4(C)[C@]5(O)CC[C@@]4(O)[C@H](C)OC(=O)/C=C/c4ccccc4)C3)C[C@@H]2OC)O[C@@H](C)[C@@H]1O. The Hall–Kier alpha value is -3.80. The lowest BCUT2D eigenvalue weighted by atomic mass is 9.42. The van der Waals surface area contributed by atoms with Crippen molar-refractivity contribution in [2.75, 3.05) is 14.2 Å². The first kappa shape index (κ1) is 49.6. The van der Waals surface area contributed by atoms with Crippen LogP contribution in [0.25, 0.3) is 12.2 Å². The maximum Gasteiger partial charge on any atom is 0.331 e. The normalized spacial score (nSPS) is 42.3. The van der Waals surface area contributed by atoms with Crippen molar-refractivity contribution >= 4 is 24.1 Å². The zero-order chi connectivity index (χ0) is 47.9. The summed E-state index contributed by atoms with van der Waals surface area (Å²) in [5.41, 5.74) is -5.31. The highest BCUT2D eigenvalue weighted by molar-refractivity contribution is 5.88. The van der Waals surface area contributed by atoms with Gasteiger partial charge in [0.2, 0.25) is 0 Å². The molecule has 17 atom stereocenters. The first-order valence-electron chi connectivity index (χ1n) is 24.0. The smallest absolute Gasteiger partial charge is 0.331 e. The van der Waals surface area contributed by atoms with Crippen molar-refractivity contribution in [3.63, 3.8) is 0 Å². The summed E-state index contributed by atoms with van der Waals surface area (Å²) in [6, 6.07) is 18.6. The first-order chi connectivity index (χ1) is 31.9. The van der Waals surface area contributed by atoms with E-state index in [1.807, 2.05) is 73.7 Å². The van der Waals surface area contributed by atoms with Gasteiger partial charge in [-0.15, -0.1) is 0 Å². The van der Waals surface area contributed by atoms with Crippen LogP contribution in [-0.4, -0.2) is 131 Å². The number of fused-ring (bicyclic) bond motifs is 5. The minimum atomic E-state index is -1.98. The number of hydrogen-bond donors (Lipinski definition) is 4. The molecule has 366 valence electrons. The Morgan fingerprint density at radius 3 is 2.01 bits per heavy atom. The molecule has 14 heteroatoms. The molecule has 14 nitrogen and oxygen atoms in total. The fourth-order valence-electron chi connectivity index (χ4n) is 12.8. The van der Waals surface area contributed by atoms with Crippen LogP contribution in [0.5, 0.6) is 0 Å². The quantitative estimate of drug-likeness (QED) is 0.101. The number of methoxy groups -OCH3 is 2. The molecule has 5 fully saturated rings. The Balaban J connectivity index is 1.01. The van der Waals surface area contributed by atoms with Crippen LogP contribution in [0, 0.1) is 16.7 Å². The monoisotopic (exact) mass is 930 g/mol. The van der Waals surface area contributed by atoms with E-state index in [1.54, 1.807) is 47.1 Å². The molecule has 0 unspecified atom stereocenters. The van der Waals surface area contributed by atoms with Crippen molar-refractivity contribution in [1.82, 2.24) is 0 Å². The molecule has 2 aromatic carbocycles. The van der Waals surface area contributed by atoms with Crippen molar-refractivity contribution in [3.05, 3.63) is 95.6 Å². The van der Waals surface area contributed by atoms with Crippen LogP contribution in [0.4, 0.5) is 0 Å². The molecule has 67 heavy (non-hydrogen) atoms. The van der Waals surface area contributed by atoms with Crippen LogP contribution in [0.1, 0.15) is 104 Å². The van der Waals surface area contributed by atoms with Crippen LogP contribution in [-0.2, 0) is 47.5 Å². The molecule has 2 aromatic rings. The van der Waals surface area contributed by atoms with E-state index >= 15 is 0 Å². The molecule has 0 amide bonds. The molecule has 3 saturated carbocycles. The number of benzene rings is 2. The number of rotatable bonds is 13. The van der Waals surface area contributed by atoms with E-state index in [2.05, 4.69) is 6.92 Å². The summed E-state index contributed by atoms with van der Waals surface area (Å²) in [5, 5.41) is 49.9. The van der Waals surface area contributed by atoms with Gasteiger partial charge in [-0.05, 0) is 94.4 Å². The van der Waals surface area contributed by atoms with Gasteiger partial charge in [0.25, 0.3) is 0 Å². The van der Waals surface area contributed by atoms with Crippen molar-refractivity contribution in [1.29, 1.82) is 0 Å². The van der Waals surface area contributed by atoms with Crippen LogP contribution in [0.2, 0.25) is 0 Å². The maximum atomic E-state index is 13.9. The van der Waals surface area contributed by atoms with E-state index in [1.165, 1.54) is 12.2 Å². The van der Waals surface area contributed by atoms with Crippen LogP contribution < -0.4 is 0 Å². The second-order valence-electron chi connectivity index (χ2n) is 20.2. The van der Waals surface area contributed by atoms with Gasteiger partial charge in [-0.25, -0.2) is 9.59 Å². The first-order valence-corrected chi connectivity index (χ1v) is 24.0. The maximum absolute atomic E-state index is 13.9. The number of aliphatic hydroxyl groups is 4. The second-order valence-corrected chi connectivity index (χ2v) is 20.2. The summed E-state index contributed by atoms with van der Waals surface area (Å²) < 4.78 is 49.3. The van der Waals surface area contributed by atoms with E-state index < -0.39 is 101 Å². The largest absolute Gasteiger partial charge is 0.458 e. The summed E-state index contributed by atoms with van der Waals surface area (Å²) in [7, 11) is 3.20. The molecule has 0 aromatic heterocycles. The molecule has 4 aliphatic carbocycles. The topological polar surface area (TPSA) is 189 Å².